The van der Waals surface area contributed by atoms with Gasteiger partial charge in [-0.3, -0.25) is 9.59 Å². The fourth-order valence-corrected chi connectivity index (χ4v) is 3.86. The van der Waals surface area contributed by atoms with Crippen LogP contribution in [0.3, 0.4) is 0 Å². The highest BCUT2D eigenvalue weighted by Crippen LogP contribution is 2.31. The zero-order valence-corrected chi connectivity index (χ0v) is 17.1. The molecule has 0 radical (unpaired) electrons. The SMILES string of the molecule is CN(CCC1CN(C(=O)CC(C)(C)C)CCC1CC(=O)O)c1ccccc1. The summed E-state index contributed by atoms with van der Waals surface area (Å²) in [5, 5.41) is 9.28. The van der Waals surface area contributed by atoms with Gasteiger partial charge in [0.1, 0.15) is 0 Å². The molecule has 1 amide bonds. The summed E-state index contributed by atoms with van der Waals surface area (Å²) in [6.45, 7) is 8.44. The minimum Gasteiger partial charge on any atom is -0.481 e. The van der Waals surface area contributed by atoms with Gasteiger partial charge in [0, 0.05) is 45.2 Å². The molecule has 0 aromatic heterocycles. The minimum atomic E-state index is -0.740. The number of likely N-dealkylation sites (tertiary alicyclic amines) is 1. The first kappa shape index (κ1) is 21.3. The fraction of sp³-hybridized carbons (Fsp3) is 0.636. The van der Waals surface area contributed by atoms with Gasteiger partial charge in [-0.15, -0.1) is 0 Å². The molecular weight excluding hydrogens is 340 g/mol. The number of nitrogens with zero attached hydrogens (tertiary/aromatic N) is 2. The molecule has 1 heterocycles. The lowest BCUT2D eigenvalue weighted by atomic mass is 9.80. The second-order valence-corrected chi connectivity index (χ2v) is 9.03. The molecule has 2 atom stereocenters. The third-order valence-electron chi connectivity index (χ3n) is 5.39. The number of benzene rings is 1. The highest BCUT2D eigenvalue weighted by atomic mass is 16.4. The smallest absolute Gasteiger partial charge is 0.303 e. The van der Waals surface area contributed by atoms with Crippen molar-refractivity contribution >= 4 is 17.6 Å². The number of carbonyl (C=O) groups is 2. The van der Waals surface area contributed by atoms with Gasteiger partial charge >= 0.3 is 5.97 Å². The van der Waals surface area contributed by atoms with Crippen molar-refractivity contribution < 1.29 is 14.7 Å². The number of rotatable bonds is 7. The summed E-state index contributed by atoms with van der Waals surface area (Å²) < 4.78 is 0. The molecule has 1 aromatic rings. The Bertz CT molecular complexity index is 624. The lowest BCUT2D eigenvalue weighted by Crippen LogP contribution is -2.46. The molecule has 5 heteroatoms. The molecule has 1 N–H and O–H groups in total. The van der Waals surface area contributed by atoms with Gasteiger partial charge in [0.2, 0.25) is 5.91 Å². The molecule has 150 valence electrons. The van der Waals surface area contributed by atoms with Crippen LogP contribution in [0.1, 0.15) is 46.5 Å². The van der Waals surface area contributed by atoms with E-state index in [-0.39, 0.29) is 29.6 Å². The van der Waals surface area contributed by atoms with Crippen LogP contribution in [0, 0.1) is 17.3 Å². The van der Waals surface area contributed by atoms with Gasteiger partial charge < -0.3 is 14.9 Å². The van der Waals surface area contributed by atoms with E-state index in [1.807, 2.05) is 23.1 Å². The Hall–Kier alpha value is -2.04. The molecule has 0 bridgehead atoms. The summed E-state index contributed by atoms with van der Waals surface area (Å²) in [5.41, 5.74) is 1.13. The first-order chi connectivity index (χ1) is 12.7. The summed E-state index contributed by atoms with van der Waals surface area (Å²) in [6.07, 6.45) is 2.40. The molecule has 0 aliphatic carbocycles. The summed E-state index contributed by atoms with van der Waals surface area (Å²) in [7, 11) is 2.06. The molecule has 1 aromatic carbocycles. The quantitative estimate of drug-likeness (QED) is 0.787. The minimum absolute atomic E-state index is 0.0297. The monoisotopic (exact) mass is 374 g/mol. The van der Waals surface area contributed by atoms with E-state index in [9.17, 15) is 14.7 Å². The Kier molecular flexibility index (Phi) is 7.28. The van der Waals surface area contributed by atoms with E-state index >= 15 is 0 Å². The molecule has 27 heavy (non-hydrogen) atoms. The first-order valence-corrected chi connectivity index (χ1v) is 9.91. The van der Waals surface area contributed by atoms with Crippen LogP contribution in [0.2, 0.25) is 0 Å². The molecule has 1 fully saturated rings. The van der Waals surface area contributed by atoms with Crippen LogP contribution in [0.25, 0.3) is 0 Å². The van der Waals surface area contributed by atoms with Crippen LogP contribution < -0.4 is 4.90 Å². The summed E-state index contributed by atoms with van der Waals surface area (Å²) in [6, 6.07) is 10.2. The number of piperidine rings is 1. The van der Waals surface area contributed by atoms with Gasteiger partial charge in [-0.25, -0.2) is 0 Å². The highest BCUT2D eigenvalue weighted by molar-refractivity contribution is 5.77. The van der Waals surface area contributed by atoms with Gasteiger partial charge in [0.25, 0.3) is 0 Å². The predicted molar refractivity (Wildman–Crippen MR) is 109 cm³/mol. The van der Waals surface area contributed by atoms with Crippen LogP contribution in [0.4, 0.5) is 5.69 Å². The van der Waals surface area contributed by atoms with Crippen LogP contribution >= 0.6 is 0 Å². The second kappa shape index (κ2) is 9.25. The molecule has 2 unspecified atom stereocenters. The van der Waals surface area contributed by atoms with Crippen molar-refractivity contribution in [3.63, 3.8) is 0 Å². The highest BCUT2D eigenvalue weighted by Gasteiger charge is 2.33. The average molecular weight is 375 g/mol. The maximum Gasteiger partial charge on any atom is 0.303 e. The predicted octanol–water partition coefficient (Wildman–Crippen LogP) is 3.89. The van der Waals surface area contributed by atoms with Crippen LogP contribution in [0.5, 0.6) is 0 Å². The van der Waals surface area contributed by atoms with E-state index in [0.717, 1.165) is 25.1 Å². The third kappa shape index (κ3) is 6.89. The van der Waals surface area contributed by atoms with Crippen LogP contribution in [0.15, 0.2) is 30.3 Å². The zero-order valence-electron chi connectivity index (χ0n) is 17.1. The normalized spacial score (nSPS) is 20.4. The molecule has 1 aliphatic heterocycles. The van der Waals surface area contributed by atoms with E-state index < -0.39 is 5.97 Å². The van der Waals surface area contributed by atoms with Crippen molar-refractivity contribution in [3.05, 3.63) is 30.3 Å². The lowest BCUT2D eigenvalue weighted by Gasteiger charge is -2.40. The maximum atomic E-state index is 12.6. The molecule has 1 saturated heterocycles. The lowest BCUT2D eigenvalue weighted by molar-refractivity contribution is -0.140. The van der Waals surface area contributed by atoms with E-state index in [0.29, 0.717) is 19.5 Å². The van der Waals surface area contributed by atoms with E-state index in [1.54, 1.807) is 0 Å². The molecule has 2 rings (SSSR count). The van der Waals surface area contributed by atoms with Gasteiger partial charge in [-0.05, 0) is 42.2 Å². The molecule has 0 saturated carbocycles. The van der Waals surface area contributed by atoms with E-state index in [2.05, 4.69) is 44.9 Å². The van der Waals surface area contributed by atoms with E-state index in [1.165, 1.54) is 0 Å². The Balaban J connectivity index is 2.00. The van der Waals surface area contributed by atoms with Gasteiger partial charge in [0.05, 0.1) is 0 Å². The largest absolute Gasteiger partial charge is 0.481 e. The van der Waals surface area contributed by atoms with E-state index in [4.69, 9.17) is 0 Å². The fourth-order valence-electron chi connectivity index (χ4n) is 3.86. The van der Waals surface area contributed by atoms with Crippen molar-refractivity contribution in [3.8, 4) is 0 Å². The van der Waals surface area contributed by atoms with Crippen molar-refractivity contribution in [2.24, 2.45) is 17.3 Å². The molecule has 0 spiro atoms. The average Bonchev–Trinajstić information content (AvgIpc) is 2.59. The standard InChI is InChI=1S/C22H34N2O3/c1-22(2,3)15-20(25)24-13-11-17(14-21(26)27)18(16-24)10-12-23(4)19-8-6-5-7-9-19/h5-9,17-18H,10-16H2,1-4H3,(H,26,27). The second-order valence-electron chi connectivity index (χ2n) is 9.03. The summed E-state index contributed by atoms with van der Waals surface area (Å²) in [4.78, 5) is 28.1. The number of aliphatic carboxylic acids is 1. The number of carboxylic acid groups (broad SMARTS) is 1. The van der Waals surface area contributed by atoms with Gasteiger partial charge in [-0.1, -0.05) is 39.0 Å². The van der Waals surface area contributed by atoms with Gasteiger partial charge in [0.15, 0.2) is 0 Å². The van der Waals surface area contributed by atoms with Crippen molar-refractivity contribution in [2.45, 2.75) is 46.5 Å². The number of hydrogen-bond acceptors (Lipinski definition) is 3. The number of carboxylic acids is 1. The first-order valence-electron chi connectivity index (χ1n) is 9.91. The van der Waals surface area contributed by atoms with Crippen molar-refractivity contribution in [1.82, 2.24) is 4.90 Å². The van der Waals surface area contributed by atoms with Crippen LogP contribution in [-0.4, -0.2) is 48.6 Å². The maximum absolute atomic E-state index is 12.6. The Morgan fingerprint density at radius 1 is 1.19 bits per heavy atom. The number of carbonyl (C=O) groups excluding carboxylic acids is 1. The Morgan fingerprint density at radius 2 is 1.85 bits per heavy atom. The molecule has 1 aliphatic rings. The van der Waals surface area contributed by atoms with Gasteiger partial charge in [-0.2, -0.15) is 0 Å². The van der Waals surface area contributed by atoms with Crippen LogP contribution in [-0.2, 0) is 9.59 Å². The Labute approximate surface area is 163 Å². The Morgan fingerprint density at radius 3 is 2.44 bits per heavy atom. The number of para-hydroxylation sites is 1. The topological polar surface area (TPSA) is 60.9 Å². The molecular formula is C22H34N2O3. The summed E-state index contributed by atoms with van der Waals surface area (Å²) in [5.74, 6) is -0.177. The molecule has 5 nitrogen and oxygen atoms in total. The summed E-state index contributed by atoms with van der Waals surface area (Å²) >= 11 is 0. The third-order valence-corrected chi connectivity index (χ3v) is 5.39. The zero-order chi connectivity index (χ0) is 20.0. The van der Waals surface area contributed by atoms with Crippen molar-refractivity contribution in [1.29, 1.82) is 0 Å². The number of hydrogen-bond donors (Lipinski definition) is 1. The van der Waals surface area contributed by atoms with Crippen molar-refractivity contribution in [2.75, 3.05) is 31.6 Å². The number of amides is 1. The number of anilines is 1.